The number of nitrogens with zero attached hydrogens (tertiary/aromatic N) is 2. The number of amides is 1. The molecule has 6 heteroatoms. The second-order valence-electron chi connectivity index (χ2n) is 3.31. The summed E-state index contributed by atoms with van der Waals surface area (Å²) in [6.45, 7) is 0. The van der Waals surface area contributed by atoms with E-state index in [4.69, 9.17) is 0 Å². The number of halogens is 1. The first-order valence-corrected chi connectivity index (χ1v) is 6.18. The summed E-state index contributed by atoms with van der Waals surface area (Å²) in [5.41, 5.74) is 0. The molecule has 0 spiro atoms. The van der Waals surface area contributed by atoms with Gasteiger partial charge in [-0.25, -0.2) is 0 Å². The molecule has 0 bridgehead atoms. The Balaban J connectivity index is 1.95. The minimum absolute atomic E-state index is 0.0589. The first-order valence-electron chi connectivity index (χ1n) is 4.49. The van der Waals surface area contributed by atoms with Gasteiger partial charge in [0.25, 0.3) is 5.91 Å². The molecular weight excluding hydrogens is 266 g/mol. The molecule has 76 valence electrons. The highest BCUT2D eigenvalue weighted by Gasteiger charge is 2.26. The Morgan fingerprint density at radius 1 is 1.64 bits per heavy atom. The molecular formula is C8H10BrN3OS. The zero-order valence-electron chi connectivity index (χ0n) is 7.44. The van der Waals surface area contributed by atoms with Crippen molar-refractivity contribution in [3.8, 4) is 0 Å². The minimum Gasteiger partial charge on any atom is -0.347 e. The molecule has 0 aliphatic heterocycles. The van der Waals surface area contributed by atoms with E-state index in [-0.39, 0.29) is 11.9 Å². The van der Waals surface area contributed by atoms with E-state index in [1.165, 1.54) is 12.6 Å². The van der Waals surface area contributed by atoms with Crippen LogP contribution in [0.5, 0.6) is 0 Å². The van der Waals surface area contributed by atoms with Crippen LogP contribution in [0.1, 0.15) is 28.9 Å². The van der Waals surface area contributed by atoms with E-state index in [2.05, 4.69) is 30.8 Å². The second kappa shape index (κ2) is 4.35. The summed E-state index contributed by atoms with van der Waals surface area (Å²) in [5, 5.41) is 6.61. The topological polar surface area (TPSA) is 54.9 Å². The molecule has 1 saturated carbocycles. The number of hydrogen-bond donors (Lipinski definition) is 1. The lowest BCUT2D eigenvalue weighted by Gasteiger charge is -2.14. The Hall–Kier alpha value is -0.490. The molecule has 0 saturated heterocycles. The van der Waals surface area contributed by atoms with Gasteiger partial charge in [0.2, 0.25) is 0 Å². The van der Waals surface area contributed by atoms with Gasteiger partial charge in [0, 0.05) is 10.9 Å². The number of carbonyl (C=O) groups is 1. The Kier molecular flexibility index (Phi) is 3.12. The lowest BCUT2D eigenvalue weighted by Crippen LogP contribution is -2.37. The quantitative estimate of drug-likeness (QED) is 0.834. The lowest BCUT2D eigenvalue weighted by atomic mass is 10.2. The molecule has 2 rings (SSSR count). The molecule has 0 radical (unpaired) electrons. The number of alkyl halides is 1. The van der Waals surface area contributed by atoms with Crippen molar-refractivity contribution in [2.75, 3.05) is 0 Å². The van der Waals surface area contributed by atoms with Crippen molar-refractivity contribution in [2.45, 2.75) is 30.1 Å². The number of hydrogen-bond acceptors (Lipinski definition) is 4. The molecule has 1 N–H and O–H groups in total. The smallest absolute Gasteiger partial charge is 0.264 e. The van der Waals surface area contributed by atoms with Gasteiger partial charge < -0.3 is 5.32 Å². The maximum Gasteiger partial charge on any atom is 0.264 e. The van der Waals surface area contributed by atoms with Gasteiger partial charge in [0.05, 0.1) is 6.20 Å². The Morgan fingerprint density at radius 3 is 3.07 bits per heavy atom. The molecule has 1 amide bonds. The maximum absolute atomic E-state index is 11.6. The zero-order chi connectivity index (χ0) is 9.97. The number of carbonyl (C=O) groups excluding carboxylic acids is 1. The van der Waals surface area contributed by atoms with Crippen LogP contribution in [0.25, 0.3) is 0 Å². The summed E-state index contributed by atoms with van der Waals surface area (Å²) >= 11 is 4.68. The molecule has 1 heterocycles. The molecule has 4 nitrogen and oxygen atoms in total. The van der Waals surface area contributed by atoms with Crippen LogP contribution in [0.4, 0.5) is 0 Å². The van der Waals surface area contributed by atoms with Crippen molar-refractivity contribution in [3.05, 3.63) is 11.1 Å². The highest BCUT2D eigenvalue weighted by Crippen LogP contribution is 2.25. The van der Waals surface area contributed by atoms with Crippen LogP contribution in [0.15, 0.2) is 6.20 Å². The summed E-state index contributed by atoms with van der Waals surface area (Å²) in [5.74, 6) is -0.0589. The molecule has 1 aliphatic rings. The zero-order valence-corrected chi connectivity index (χ0v) is 9.84. The van der Waals surface area contributed by atoms with Gasteiger partial charge in [-0.1, -0.05) is 26.8 Å². The summed E-state index contributed by atoms with van der Waals surface area (Å²) in [7, 11) is 0. The second-order valence-corrected chi connectivity index (χ2v) is 5.27. The molecule has 1 aromatic heterocycles. The van der Waals surface area contributed by atoms with Crippen LogP contribution < -0.4 is 5.32 Å². The largest absolute Gasteiger partial charge is 0.347 e. The first-order chi connectivity index (χ1) is 6.77. The van der Waals surface area contributed by atoms with Crippen LogP contribution >= 0.6 is 27.5 Å². The molecule has 0 aromatic carbocycles. The van der Waals surface area contributed by atoms with Gasteiger partial charge in [-0.05, 0) is 24.4 Å². The van der Waals surface area contributed by atoms with Crippen LogP contribution in [0.2, 0.25) is 0 Å². The van der Waals surface area contributed by atoms with Crippen LogP contribution in [-0.2, 0) is 0 Å². The molecule has 2 atom stereocenters. The fourth-order valence-corrected chi connectivity index (χ4v) is 2.72. The van der Waals surface area contributed by atoms with E-state index in [0.29, 0.717) is 9.70 Å². The summed E-state index contributed by atoms with van der Waals surface area (Å²) in [6, 6.07) is 0.254. The maximum atomic E-state index is 11.6. The highest BCUT2D eigenvalue weighted by molar-refractivity contribution is 9.09. The SMILES string of the molecule is O=C(NC1CCCC1Br)c1cnns1. The van der Waals surface area contributed by atoms with Gasteiger partial charge in [0.1, 0.15) is 4.88 Å². The Bertz CT molecular complexity index is 316. The van der Waals surface area contributed by atoms with Crippen molar-refractivity contribution in [1.29, 1.82) is 0 Å². The van der Waals surface area contributed by atoms with Crippen LogP contribution in [0.3, 0.4) is 0 Å². The van der Waals surface area contributed by atoms with E-state index < -0.39 is 0 Å². The molecule has 1 fully saturated rings. The van der Waals surface area contributed by atoms with Gasteiger partial charge in [-0.3, -0.25) is 4.79 Å². The van der Waals surface area contributed by atoms with Crippen molar-refractivity contribution >= 4 is 33.4 Å². The number of rotatable bonds is 2. The third kappa shape index (κ3) is 2.12. The fraction of sp³-hybridized carbons (Fsp3) is 0.625. The first kappa shape index (κ1) is 10.0. The fourth-order valence-electron chi connectivity index (χ4n) is 1.58. The van der Waals surface area contributed by atoms with Crippen LogP contribution in [-0.4, -0.2) is 26.4 Å². The van der Waals surface area contributed by atoms with Crippen molar-refractivity contribution in [1.82, 2.24) is 14.9 Å². The third-order valence-electron chi connectivity index (χ3n) is 2.33. The summed E-state index contributed by atoms with van der Waals surface area (Å²) in [4.78, 5) is 12.6. The van der Waals surface area contributed by atoms with Gasteiger partial charge in [-0.15, -0.1) is 5.10 Å². The van der Waals surface area contributed by atoms with E-state index in [1.807, 2.05) is 0 Å². The van der Waals surface area contributed by atoms with Gasteiger partial charge >= 0.3 is 0 Å². The highest BCUT2D eigenvalue weighted by atomic mass is 79.9. The van der Waals surface area contributed by atoms with Crippen molar-refractivity contribution in [3.63, 3.8) is 0 Å². The summed E-state index contributed by atoms with van der Waals surface area (Å²) in [6.07, 6.45) is 4.85. The van der Waals surface area contributed by atoms with E-state index in [9.17, 15) is 4.79 Å². The van der Waals surface area contributed by atoms with Gasteiger partial charge in [-0.2, -0.15) is 0 Å². The Labute approximate surface area is 94.4 Å². The summed E-state index contributed by atoms with van der Waals surface area (Å²) < 4.78 is 3.66. The van der Waals surface area contributed by atoms with Crippen molar-refractivity contribution in [2.24, 2.45) is 0 Å². The third-order valence-corrected chi connectivity index (χ3v) is 4.09. The minimum atomic E-state index is -0.0589. The average Bonchev–Trinajstić information content (AvgIpc) is 2.77. The average molecular weight is 276 g/mol. The van der Waals surface area contributed by atoms with Gasteiger partial charge in [0.15, 0.2) is 0 Å². The van der Waals surface area contributed by atoms with Crippen molar-refractivity contribution < 1.29 is 4.79 Å². The molecule has 1 aromatic rings. The lowest BCUT2D eigenvalue weighted by molar-refractivity contribution is 0.0943. The normalized spacial score (nSPS) is 26.4. The van der Waals surface area contributed by atoms with E-state index in [1.54, 1.807) is 0 Å². The Morgan fingerprint density at radius 2 is 2.50 bits per heavy atom. The molecule has 14 heavy (non-hydrogen) atoms. The standard InChI is InChI=1S/C8H10BrN3OS/c9-5-2-1-3-6(5)11-8(13)7-4-10-12-14-7/h4-6H,1-3H2,(H,11,13). The number of nitrogens with one attached hydrogen (secondary N) is 1. The predicted molar refractivity (Wildman–Crippen MR) is 57.7 cm³/mol. The molecule has 2 unspecified atom stereocenters. The monoisotopic (exact) mass is 275 g/mol. The van der Waals surface area contributed by atoms with E-state index >= 15 is 0 Å². The number of aromatic nitrogens is 2. The molecule has 1 aliphatic carbocycles. The van der Waals surface area contributed by atoms with Crippen LogP contribution in [0, 0.1) is 0 Å². The predicted octanol–water partition coefficient (Wildman–Crippen LogP) is 1.58. The van der Waals surface area contributed by atoms with E-state index in [0.717, 1.165) is 24.4 Å².